The summed E-state index contributed by atoms with van der Waals surface area (Å²) in [5.74, 6) is 0.399. The number of nitrogens with zero attached hydrogens (tertiary/aromatic N) is 4. The summed E-state index contributed by atoms with van der Waals surface area (Å²) in [4.78, 5) is 29.2. The highest BCUT2D eigenvalue weighted by Gasteiger charge is 2.27. The minimum atomic E-state index is -3.50. The highest BCUT2D eigenvalue weighted by molar-refractivity contribution is 7.91. The Bertz CT molecular complexity index is 1670. The molecule has 11 heteroatoms. The lowest BCUT2D eigenvalue weighted by molar-refractivity contribution is 0.0783. The van der Waals surface area contributed by atoms with Gasteiger partial charge in [0.1, 0.15) is 5.82 Å². The molecule has 2 aliphatic rings. The molecule has 0 saturated carbocycles. The van der Waals surface area contributed by atoms with E-state index in [1.54, 1.807) is 25.4 Å². The Morgan fingerprint density at radius 1 is 1.10 bits per heavy atom. The third-order valence-corrected chi connectivity index (χ3v) is 8.74. The molecule has 0 aliphatic carbocycles. The van der Waals surface area contributed by atoms with Gasteiger partial charge in [0.05, 0.1) is 59.1 Å². The van der Waals surface area contributed by atoms with Crippen LogP contribution in [0, 0.1) is 0 Å². The molecule has 1 aromatic carbocycles. The summed E-state index contributed by atoms with van der Waals surface area (Å²) in [6, 6.07) is 16.2. The second kappa shape index (κ2) is 10.3. The molecular weight excluding hydrogens is 518 g/mol. The molecule has 0 radical (unpaired) electrons. The predicted molar refractivity (Wildman–Crippen MR) is 145 cm³/mol. The van der Waals surface area contributed by atoms with Crippen molar-refractivity contribution in [2.45, 2.75) is 24.2 Å². The number of methoxy groups -OCH3 is 1. The fourth-order valence-electron chi connectivity index (χ4n) is 4.65. The van der Waals surface area contributed by atoms with Crippen LogP contribution in [0.3, 0.4) is 0 Å². The van der Waals surface area contributed by atoms with E-state index in [4.69, 9.17) is 19.4 Å². The van der Waals surface area contributed by atoms with Gasteiger partial charge in [-0.3, -0.25) is 9.78 Å². The first-order valence-corrected chi connectivity index (χ1v) is 14.3. The number of hydrogen-bond donors (Lipinski definition) is 1. The van der Waals surface area contributed by atoms with Gasteiger partial charge in [0.15, 0.2) is 9.84 Å². The van der Waals surface area contributed by atoms with Crippen LogP contribution in [0.5, 0.6) is 0 Å². The number of hydrogen-bond acceptors (Lipinski definition) is 9. The lowest BCUT2D eigenvalue weighted by atomic mass is 10.1. The molecule has 4 aromatic rings. The molecule has 39 heavy (non-hydrogen) atoms. The second-order valence-corrected chi connectivity index (χ2v) is 11.7. The summed E-state index contributed by atoms with van der Waals surface area (Å²) >= 11 is 0. The Kier molecular flexibility index (Phi) is 6.71. The number of aromatic nitrogens is 3. The van der Waals surface area contributed by atoms with E-state index < -0.39 is 9.84 Å². The molecule has 3 aromatic heterocycles. The molecule has 0 atom stereocenters. The van der Waals surface area contributed by atoms with Gasteiger partial charge in [-0.2, -0.15) is 0 Å². The van der Waals surface area contributed by atoms with Gasteiger partial charge in [0, 0.05) is 37.3 Å². The average molecular weight is 546 g/mol. The van der Waals surface area contributed by atoms with Crippen molar-refractivity contribution in [1.29, 1.82) is 0 Å². The number of ether oxygens (including phenoxy) is 2. The van der Waals surface area contributed by atoms with Crippen LogP contribution in [0.15, 0.2) is 65.7 Å². The molecule has 0 bridgehead atoms. The van der Waals surface area contributed by atoms with Crippen LogP contribution < -0.4 is 10.2 Å². The highest BCUT2D eigenvalue weighted by Crippen LogP contribution is 2.26. The van der Waals surface area contributed by atoms with Crippen LogP contribution in [-0.4, -0.2) is 67.9 Å². The Morgan fingerprint density at radius 2 is 1.95 bits per heavy atom. The van der Waals surface area contributed by atoms with Crippen LogP contribution in [0.25, 0.3) is 22.3 Å². The molecule has 1 saturated heterocycles. The summed E-state index contributed by atoms with van der Waals surface area (Å²) < 4.78 is 35.8. The predicted octanol–water partition coefficient (Wildman–Crippen LogP) is 2.76. The maximum atomic E-state index is 12.9. The lowest BCUT2D eigenvalue weighted by Crippen LogP contribution is -2.52. The number of carbonyl (C=O) groups is 1. The zero-order valence-electron chi connectivity index (χ0n) is 21.3. The first-order chi connectivity index (χ1) is 18.9. The Balaban J connectivity index is 1.18. The van der Waals surface area contributed by atoms with Crippen molar-refractivity contribution in [3.05, 3.63) is 77.6 Å². The van der Waals surface area contributed by atoms with Gasteiger partial charge in [-0.15, -0.1) is 0 Å². The number of fused-ring (bicyclic) bond motifs is 2. The van der Waals surface area contributed by atoms with E-state index in [0.717, 1.165) is 41.2 Å². The zero-order chi connectivity index (χ0) is 27.0. The van der Waals surface area contributed by atoms with Crippen LogP contribution >= 0.6 is 0 Å². The van der Waals surface area contributed by atoms with Crippen molar-refractivity contribution >= 4 is 32.5 Å². The highest BCUT2D eigenvalue weighted by atomic mass is 32.2. The van der Waals surface area contributed by atoms with Crippen molar-refractivity contribution < 1.29 is 22.7 Å². The summed E-state index contributed by atoms with van der Waals surface area (Å²) in [7, 11) is -1.78. The molecule has 1 N–H and O–H groups in total. The Labute approximate surface area is 225 Å². The molecule has 200 valence electrons. The third-order valence-electron chi connectivity index (χ3n) is 6.98. The summed E-state index contributed by atoms with van der Waals surface area (Å²) in [6.07, 6.45) is 1.96. The molecular formula is C28H27N5O5S. The summed E-state index contributed by atoms with van der Waals surface area (Å²) in [5.41, 5.74) is 3.70. The number of sulfone groups is 1. The van der Waals surface area contributed by atoms with Gasteiger partial charge in [-0.1, -0.05) is 12.1 Å². The number of carbonyl (C=O) groups excluding carboxylic acids is 1. The molecule has 5 heterocycles. The largest absolute Gasteiger partial charge is 0.378 e. The SMILES string of the molecule is COC1CN(c2cccc(-c3ccc4cnc(CNC(=O)c5ccc6c(c5)S(=O)(=O)CCOC6)cc4n3)n2)C1. The van der Waals surface area contributed by atoms with Gasteiger partial charge < -0.3 is 19.7 Å². The van der Waals surface area contributed by atoms with E-state index >= 15 is 0 Å². The number of anilines is 1. The number of nitrogens with one attached hydrogen (secondary N) is 1. The quantitative estimate of drug-likeness (QED) is 0.390. The van der Waals surface area contributed by atoms with Crippen molar-refractivity contribution in [2.24, 2.45) is 0 Å². The third kappa shape index (κ3) is 5.20. The number of pyridine rings is 3. The minimum absolute atomic E-state index is 0.104. The Hall–Kier alpha value is -3.93. The van der Waals surface area contributed by atoms with Crippen molar-refractivity contribution in [1.82, 2.24) is 20.3 Å². The fraction of sp³-hybridized carbons (Fsp3) is 0.286. The first kappa shape index (κ1) is 25.4. The molecule has 1 fully saturated rings. The zero-order valence-corrected chi connectivity index (χ0v) is 22.1. The lowest BCUT2D eigenvalue weighted by Gasteiger charge is -2.39. The van der Waals surface area contributed by atoms with Crippen LogP contribution in [0.4, 0.5) is 5.82 Å². The van der Waals surface area contributed by atoms with Crippen LogP contribution in [0.2, 0.25) is 0 Å². The number of rotatable bonds is 6. The van der Waals surface area contributed by atoms with E-state index in [-0.39, 0.29) is 48.0 Å². The van der Waals surface area contributed by atoms with Gasteiger partial charge in [0.25, 0.3) is 5.91 Å². The van der Waals surface area contributed by atoms with E-state index in [1.165, 1.54) is 6.07 Å². The average Bonchev–Trinajstić information content (AvgIpc) is 3.08. The van der Waals surface area contributed by atoms with E-state index in [0.29, 0.717) is 11.3 Å². The monoisotopic (exact) mass is 545 g/mol. The smallest absolute Gasteiger partial charge is 0.251 e. The maximum absolute atomic E-state index is 12.9. The normalized spacial score (nSPS) is 16.8. The van der Waals surface area contributed by atoms with Gasteiger partial charge in [-0.05, 0) is 48.0 Å². The van der Waals surface area contributed by atoms with Crippen molar-refractivity contribution in [3.8, 4) is 11.4 Å². The van der Waals surface area contributed by atoms with E-state index in [2.05, 4.69) is 15.2 Å². The van der Waals surface area contributed by atoms with E-state index in [9.17, 15) is 13.2 Å². The van der Waals surface area contributed by atoms with E-state index in [1.807, 2.05) is 36.4 Å². The fourth-order valence-corrected chi connectivity index (χ4v) is 6.04. The van der Waals surface area contributed by atoms with Gasteiger partial charge in [-0.25, -0.2) is 18.4 Å². The summed E-state index contributed by atoms with van der Waals surface area (Å²) in [5, 5.41) is 3.70. The molecule has 0 unspecified atom stereocenters. The molecule has 6 rings (SSSR count). The number of benzene rings is 1. The van der Waals surface area contributed by atoms with Crippen molar-refractivity contribution in [3.63, 3.8) is 0 Å². The molecule has 1 amide bonds. The number of amides is 1. The van der Waals surface area contributed by atoms with Crippen LogP contribution in [-0.2, 0) is 32.5 Å². The molecule has 0 spiro atoms. The van der Waals surface area contributed by atoms with Crippen molar-refractivity contribution in [2.75, 3.05) is 37.5 Å². The molecule has 10 nitrogen and oxygen atoms in total. The topological polar surface area (TPSA) is 124 Å². The maximum Gasteiger partial charge on any atom is 0.251 e. The van der Waals surface area contributed by atoms with Gasteiger partial charge in [0.2, 0.25) is 0 Å². The minimum Gasteiger partial charge on any atom is -0.378 e. The van der Waals surface area contributed by atoms with Gasteiger partial charge >= 0.3 is 0 Å². The summed E-state index contributed by atoms with van der Waals surface area (Å²) in [6.45, 7) is 2.13. The standard InChI is InChI=1S/C28H27N5O5S/c1-37-22-15-33(16-22)27-4-2-3-23(32-27)24-8-7-19-13-29-21(12-25(19)31-24)14-30-28(34)18-5-6-20-17-38-9-10-39(35,36)26(20)11-18/h2-8,11-13,22H,9-10,14-17H2,1H3,(H,30,34). The molecule has 2 aliphatic heterocycles. The second-order valence-electron chi connectivity index (χ2n) is 9.59. The Morgan fingerprint density at radius 3 is 2.79 bits per heavy atom. The van der Waals surface area contributed by atoms with Crippen LogP contribution in [0.1, 0.15) is 21.6 Å². The first-order valence-electron chi connectivity index (χ1n) is 12.6.